The smallest absolute Gasteiger partial charge is 0.273 e. The van der Waals surface area contributed by atoms with E-state index in [1.807, 2.05) is 13.8 Å². The van der Waals surface area contributed by atoms with Gasteiger partial charge in [0.2, 0.25) is 0 Å². The highest BCUT2D eigenvalue weighted by atomic mass is 16.5. The molecule has 1 atom stereocenters. The molecule has 1 aromatic heterocycles. The van der Waals surface area contributed by atoms with Crippen LogP contribution in [0.5, 0.6) is 0 Å². The van der Waals surface area contributed by atoms with Gasteiger partial charge in [0.25, 0.3) is 5.91 Å². The summed E-state index contributed by atoms with van der Waals surface area (Å²) in [5, 5.41) is 7.01. The number of amides is 1. The maximum Gasteiger partial charge on any atom is 0.273 e. The molecule has 1 N–H and O–H groups in total. The molecule has 1 unspecified atom stereocenters. The molecule has 1 amide bonds. The highest BCUT2D eigenvalue weighted by Crippen LogP contribution is 2.23. The van der Waals surface area contributed by atoms with Crippen molar-refractivity contribution in [2.75, 3.05) is 20.1 Å². The van der Waals surface area contributed by atoms with Crippen LogP contribution in [0.25, 0.3) is 0 Å². The Hall–Kier alpha value is -1.36. The van der Waals surface area contributed by atoms with E-state index in [-0.39, 0.29) is 17.4 Å². The van der Waals surface area contributed by atoms with Crippen molar-refractivity contribution in [1.29, 1.82) is 0 Å². The second kappa shape index (κ2) is 8.48. The fourth-order valence-corrected chi connectivity index (χ4v) is 2.71. The zero-order chi connectivity index (χ0) is 17.6. The molecule has 132 valence electrons. The first-order valence-corrected chi connectivity index (χ1v) is 8.67. The Bertz CT molecular complexity index is 508. The number of aryl methyl sites for hydroxylation is 1. The molecular weight excluding hydrogens is 290 g/mol. The summed E-state index contributed by atoms with van der Waals surface area (Å²) in [6.07, 6.45) is 3.14. The molecule has 0 saturated heterocycles. The van der Waals surface area contributed by atoms with Gasteiger partial charge in [-0.25, -0.2) is 0 Å². The molecule has 0 spiro atoms. The molecule has 5 heteroatoms. The van der Waals surface area contributed by atoms with Crippen LogP contribution in [0.4, 0.5) is 0 Å². The van der Waals surface area contributed by atoms with E-state index in [1.54, 1.807) is 0 Å². The second-order valence-electron chi connectivity index (χ2n) is 7.21. The van der Waals surface area contributed by atoms with Crippen LogP contribution in [0, 0.1) is 12.3 Å². The topological polar surface area (TPSA) is 58.4 Å². The number of nitrogens with zero attached hydrogens (tertiary/aromatic N) is 2. The number of carbonyl (C=O) groups excluding carboxylic acids is 1. The van der Waals surface area contributed by atoms with E-state index in [0.717, 1.165) is 30.8 Å². The van der Waals surface area contributed by atoms with E-state index in [1.165, 1.54) is 12.8 Å². The van der Waals surface area contributed by atoms with E-state index in [0.29, 0.717) is 5.69 Å². The summed E-state index contributed by atoms with van der Waals surface area (Å²) in [5.41, 5.74) is 1.22. The molecule has 23 heavy (non-hydrogen) atoms. The van der Waals surface area contributed by atoms with E-state index < -0.39 is 0 Å². The number of unbranched alkanes of at least 4 members (excludes halogenated alkanes) is 1. The van der Waals surface area contributed by atoms with Crippen molar-refractivity contribution in [2.24, 2.45) is 5.41 Å². The van der Waals surface area contributed by atoms with Gasteiger partial charge in [-0.3, -0.25) is 4.79 Å². The van der Waals surface area contributed by atoms with Gasteiger partial charge in [0, 0.05) is 24.6 Å². The van der Waals surface area contributed by atoms with Gasteiger partial charge in [-0.1, -0.05) is 39.3 Å². The van der Waals surface area contributed by atoms with Gasteiger partial charge in [-0.05, 0) is 39.3 Å². The Balaban J connectivity index is 2.67. The monoisotopic (exact) mass is 323 g/mol. The fourth-order valence-electron chi connectivity index (χ4n) is 2.71. The number of hydrogen-bond acceptors (Lipinski definition) is 4. The summed E-state index contributed by atoms with van der Waals surface area (Å²) >= 11 is 0. The maximum absolute atomic E-state index is 12.5. The zero-order valence-electron chi connectivity index (χ0n) is 15.8. The molecule has 1 aromatic rings. The number of aromatic nitrogens is 1. The summed E-state index contributed by atoms with van der Waals surface area (Å²) in [4.78, 5) is 14.8. The van der Waals surface area contributed by atoms with Gasteiger partial charge in [-0.15, -0.1) is 0 Å². The van der Waals surface area contributed by atoms with Crippen LogP contribution in [0.1, 0.15) is 69.3 Å². The summed E-state index contributed by atoms with van der Waals surface area (Å²) in [7, 11) is 2.14. The minimum Gasteiger partial charge on any atom is -0.360 e. The predicted octanol–water partition coefficient (Wildman–Crippen LogP) is 3.42. The first kappa shape index (κ1) is 19.7. The molecule has 0 aromatic carbocycles. The van der Waals surface area contributed by atoms with Gasteiger partial charge < -0.3 is 14.7 Å². The zero-order valence-corrected chi connectivity index (χ0v) is 15.8. The van der Waals surface area contributed by atoms with Crippen molar-refractivity contribution >= 4 is 5.91 Å². The van der Waals surface area contributed by atoms with Crippen LogP contribution in [-0.2, 0) is 6.42 Å². The first-order valence-electron chi connectivity index (χ1n) is 8.67. The van der Waals surface area contributed by atoms with Crippen molar-refractivity contribution in [2.45, 2.75) is 66.8 Å². The average Bonchev–Trinajstić information content (AvgIpc) is 2.85. The Labute approximate surface area is 140 Å². The fraction of sp³-hybridized carbons (Fsp3) is 0.778. The lowest BCUT2D eigenvalue weighted by Crippen LogP contribution is -2.48. The number of nitrogens with one attached hydrogen (secondary N) is 1. The molecule has 0 aliphatic carbocycles. The molecule has 0 bridgehead atoms. The molecular formula is C18H33N3O2. The van der Waals surface area contributed by atoms with Crippen molar-refractivity contribution in [3.05, 3.63) is 17.0 Å². The minimum atomic E-state index is -0.150. The van der Waals surface area contributed by atoms with Gasteiger partial charge in [0.15, 0.2) is 5.69 Å². The van der Waals surface area contributed by atoms with E-state index in [4.69, 9.17) is 4.52 Å². The van der Waals surface area contributed by atoms with Crippen molar-refractivity contribution in [3.63, 3.8) is 0 Å². The van der Waals surface area contributed by atoms with Crippen LogP contribution in [0.3, 0.4) is 0 Å². The van der Waals surface area contributed by atoms with E-state index in [9.17, 15) is 4.79 Å². The molecule has 0 saturated carbocycles. The number of rotatable bonds is 9. The SMILES string of the molecule is CCCCN(C)CC(C)(C)C(C)NC(=O)c1noc(CC)c1C. The van der Waals surface area contributed by atoms with Crippen LogP contribution in [0.15, 0.2) is 4.52 Å². The van der Waals surface area contributed by atoms with E-state index >= 15 is 0 Å². The Morgan fingerprint density at radius 1 is 1.39 bits per heavy atom. The van der Waals surface area contributed by atoms with Crippen molar-refractivity contribution < 1.29 is 9.32 Å². The summed E-state index contributed by atoms with van der Waals surface area (Å²) < 4.78 is 5.22. The van der Waals surface area contributed by atoms with Crippen molar-refractivity contribution in [3.8, 4) is 0 Å². The van der Waals surface area contributed by atoms with Gasteiger partial charge in [-0.2, -0.15) is 0 Å². The van der Waals surface area contributed by atoms with Gasteiger partial charge >= 0.3 is 0 Å². The lowest BCUT2D eigenvalue weighted by molar-refractivity contribution is 0.0868. The second-order valence-corrected chi connectivity index (χ2v) is 7.21. The third-order valence-corrected chi connectivity index (χ3v) is 4.65. The Morgan fingerprint density at radius 3 is 2.57 bits per heavy atom. The normalized spacial score (nSPS) is 13.4. The molecule has 0 radical (unpaired) electrons. The Morgan fingerprint density at radius 2 is 2.04 bits per heavy atom. The molecule has 0 aliphatic rings. The standard InChI is InChI=1S/C18H33N3O2/c1-8-10-11-21(7)12-18(5,6)14(4)19-17(22)16-13(3)15(9-2)23-20-16/h14H,8-12H2,1-7H3,(H,19,22). The predicted molar refractivity (Wildman–Crippen MR) is 93.7 cm³/mol. The highest BCUT2D eigenvalue weighted by molar-refractivity contribution is 5.93. The molecule has 1 rings (SSSR count). The number of carbonyl (C=O) groups is 1. The number of hydrogen-bond donors (Lipinski definition) is 1. The lowest BCUT2D eigenvalue weighted by atomic mass is 9.84. The van der Waals surface area contributed by atoms with Crippen LogP contribution >= 0.6 is 0 Å². The molecule has 5 nitrogen and oxygen atoms in total. The third-order valence-electron chi connectivity index (χ3n) is 4.65. The third kappa shape index (κ3) is 5.34. The summed E-state index contributed by atoms with van der Waals surface area (Å²) in [6, 6.07) is 0.0419. The Kier molecular flexibility index (Phi) is 7.26. The van der Waals surface area contributed by atoms with Crippen molar-refractivity contribution in [1.82, 2.24) is 15.4 Å². The van der Waals surface area contributed by atoms with Crippen LogP contribution < -0.4 is 5.32 Å². The van der Waals surface area contributed by atoms with Gasteiger partial charge in [0.05, 0.1) is 0 Å². The largest absolute Gasteiger partial charge is 0.360 e. The quantitative estimate of drug-likeness (QED) is 0.756. The molecule has 1 heterocycles. The van der Waals surface area contributed by atoms with E-state index in [2.05, 4.69) is 50.1 Å². The van der Waals surface area contributed by atoms with Crippen LogP contribution in [0.2, 0.25) is 0 Å². The minimum absolute atomic E-state index is 0.0244. The lowest BCUT2D eigenvalue weighted by Gasteiger charge is -2.36. The highest BCUT2D eigenvalue weighted by Gasteiger charge is 2.30. The first-order chi connectivity index (χ1) is 10.7. The maximum atomic E-state index is 12.5. The average molecular weight is 323 g/mol. The summed E-state index contributed by atoms with van der Waals surface area (Å²) in [6.45, 7) is 14.5. The molecule has 0 aliphatic heterocycles. The van der Waals surface area contributed by atoms with Gasteiger partial charge in [0.1, 0.15) is 5.76 Å². The molecule has 0 fully saturated rings. The summed E-state index contributed by atoms with van der Waals surface area (Å²) in [5.74, 6) is 0.629. The van der Waals surface area contributed by atoms with Crippen LogP contribution in [-0.4, -0.2) is 42.1 Å².